The Morgan fingerprint density at radius 1 is 0.795 bits per heavy atom. The summed E-state index contributed by atoms with van der Waals surface area (Å²) in [7, 11) is 0. The first-order valence-corrected chi connectivity index (χ1v) is 10.7. The number of alkyl halides is 17. The second-order valence-corrected chi connectivity index (χ2v) is 8.77. The number of aromatic amines is 1. The van der Waals surface area contributed by atoms with Crippen molar-refractivity contribution in [3.63, 3.8) is 0 Å². The third-order valence-corrected chi connectivity index (χ3v) is 5.98. The van der Waals surface area contributed by atoms with E-state index < -0.39 is 95.9 Å². The number of carbonyl (C=O) groups is 1. The first-order chi connectivity index (χ1) is 19.4. The van der Waals surface area contributed by atoms with Crippen molar-refractivity contribution in [1.29, 1.82) is 0 Å². The molecule has 1 aliphatic heterocycles. The second-order valence-electron chi connectivity index (χ2n) is 8.77. The summed E-state index contributed by atoms with van der Waals surface area (Å²) in [6, 6.07) is -2.32. The van der Waals surface area contributed by atoms with E-state index in [1.165, 1.54) is 4.98 Å². The van der Waals surface area contributed by atoms with Crippen molar-refractivity contribution in [3.05, 3.63) is 33.1 Å². The number of ether oxygens (including phenoxy) is 1. The highest BCUT2D eigenvalue weighted by Gasteiger charge is 2.95. The van der Waals surface area contributed by atoms with Crippen molar-refractivity contribution in [2.75, 3.05) is 6.61 Å². The monoisotopic (exact) mass is 689 g/mol. The van der Waals surface area contributed by atoms with Crippen LogP contribution in [-0.2, 0) is 9.53 Å². The third kappa shape index (κ3) is 5.06. The predicted octanol–water partition coefficient (Wildman–Crippen LogP) is 2.28. The minimum absolute atomic E-state index is 0.0771. The number of halogens is 17. The van der Waals surface area contributed by atoms with Gasteiger partial charge in [-0.15, -0.1) is 0 Å². The van der Waals surface area contributed by atoms with Gasteiger partial charge in [-0.3, -0.25) is 19.1 Å². The van der Waals surface area contributed by atoms with Crippen LogP contribution in [0.3, 0.4) is 0 Å². The predicted molar refractivity (Wildman–Crippen MR) is 101 cm³/mol. The Labute approximate surface area is 228 Å². The van der Waals surface area contributed by atoms with Gasteiger partial charge in [-0.2, -0.15) is 74.6 Å². The van der Waals surface area contributed by atoms with Crippen molar-refractivity contribution in [2.24, 2.45) is 0 Å². The van der Waals surface area contributed by atoms with Crippen LogP contribution in [0.1, 0.15) is 6.23 Å². The normalized spacial score (nSPS) is 23.2. The number of aromatic nitrogens is 2. The fourth-order valence-corrected chi connectivity index (χ4v) is 3.47. The van der Waals surface area contributed by atoms with E-state index in [1.54, 1.807) is 0 Å². The third-order valence-electron chi connectivity index (χ3n) is 5.98. The number of amides is 1. The highest BCUT2D eigenvalue weighted by atomic mass is 19.4. The fraction of sp³-hybridized carbons (Fsp3) is 0.722. The molecule has 2 heterocycles. The molecule has 0 bridgehead atoms. The number of rotatable bonds is 10. The molecule has 0 radical (unpaired) electrons. The summed E-state index contributed by atoms with van der Waals surface area (Å²) in [5.74, 6) is -63.5. The molecule has 0 aliphatic carbocycles. The maximum atomic E-state index is 14.3. The highest BCUT2D eigenvalue weighted by molar-refractivity contribution is 5.85. The number of hydrogen-bond acceptors (Lipinski definition) is 6. The molecule has 9 nitrogen and oxygen atoms in total. The lowest BCUT2D eigenvalue weighted by atomic mass is 9.88. The lowest BCUT2D eigenvalue weighted by Gasteiger charge is -2.42. The summed E-state index contributed by atoms with van der Waals surface area (Å²) in [5, 5.41) is 19.8. The van der Waals surface area contributed by atoms with Crippen LogP contribution < -0.4 is 16.6 Å². The van der Waals surface area contributed by atoms with Crippen LogP contribution in [-0.4, -0.2) is 98.2 Å². The van der Waals surface area contributed by atoms with Crippen molar-refractivity contribution in [1.82, 2.24) is 14.9 Å². The zero-order chi connectivity index (χ0) is 34.9. The summed E-state index contributed by atoms with van der Waals surface area (Å²) in [6.45, 7) is -1.36. The van der Waals surface area contributed by atoms with E-state index in [0.717, 1.165) is 0 Å². The number of nitrogens with one attached hydrogen (secondary N) is 2. The Morgan fingerprint density at radius 3 is 1.64 bits per heavy atom. The Hall–Kier alpha value is -3.16. The molecule has 0 saturated carbocycles. The van der Waals surface area contributed by atoms with Gasteiger partial charge in [0.1, 0.15) is 18.2 Å². The minimum Gasteiger partial charge on any atom is -0.394 e. The Balaban J connectivity index is 2.57. The van der Waals surface area contributed by atoms with Crippen LogP contribution in [0, 0.1) is 0 Å². The van der Waals surface area contributed by atoms with Crippen LogP contribution in [0.4, 0.5) is 74.6 Å². The Morgan fingerprint density at radius 2 is 1.23 bits per heavy atom. The van der Waals surface area contributed by atoms with Gasteiger partial charge in [0.25, 0.3) is 11.5 Å². The lowest BCUT2D eigenvalue weighted by Crippen LogP contribution is -2.75. The molecule has 1 amide bonds. The van der Waals surface area contributed by atoms with Gasteiger partial charge in [-0.1, -0.05) is 0 Å². The molecule has 1 fully saturated rings. The number of carbonyl (C=O) groups excluding carboxylic acids is 1. The van der Waals surface area contributed by atoms with E-state index in [-0.39, 0.29) is 4.57 Å². The zero-order valence-electron chi connectivity index (χ0n) is 20.1. The van der Waals surface area contributed by atoms with Crippen LogP contribution in [0.2, 0.25) is 0 Å². The summed E-state index contributed by atoms with van der Waals surface area (Å²) in [5.41, 5.74) is -2.76. The molecule has 4 N–H and O–H groups in total. The summed E-state index contributed by atoms with van der Waals surface area (Å²) < 4.78 is 234. The number of aliphatic hydroxyl groups excluding tert-OH is 2. The standard InChI is InChI=1S/C18H12F17N3O6/c19-11(20,9(42)37-6-7(41)4(3-39)44-8(6)38-2-1-5(40)36-10(38)43)12(21,22)13(23,24)14(25,26)15(27,28)16(29,30)17(31,32)18(33,34)35/h1-2,4,6-8,39,41H,3H2,(H,37,42)(H,36,40,43). The molecule has 4 atom stereocenters. The first kappa shape index (κ1) is 37.0. The van der Waals surface area contributed by atoms with E-state index >= 15 is 0 Å². The van der Waals surface area contributed by atoms with E-state index in [4.69, 9.17) is 9.84 Å². The van der Waals surface area contributed by atoms with Gasteiger partial charge in [-0.25, -0.2) is 4.79 Å². The minimum atomic E-state index is -8.92. The molecule has 44 heavy (non-hydrogen) atoms. The maximum Gasteiger partial charge on any atom is 0.460 e. The number of hydrogen-bond donors (Lipinski definition) is 4. The van der Waals surface area contributed by atoms with E-state index in [0.29, 0.717) is 17.6 Å². The molecule has 1 aromatic rings. The Kier molecular flexibility index (Phi) is 9.03. The molecule has 0 aromatic carbocycles. The average molecular weight is 689 g/mol. The molecule has 1 saturated heterocycles. The molecular weight excluding hydrogens is 677 g/mol. The van der Waals surface area contributed by atoms with Gasteiger partial charge in [0.15, 0.2) is 6.23 Å². The second kappa shape index (κ2) is 10.7. The zero-order valence-corrected chi connectivity index (χ0v) is 20.1. The highest BCUT2D eigenvalue weighted by Crippen LogP contribution is 2.64. The van der Waals surface area contributed by atoms with E-state index in [1.807, 2.05) is 0 Å². The van der Waals surface area contributed by atoms with Crippen molar-refractivity contribution in [3.8, 4) is 0 Å². The molecule has 26 heteroatoms. The summed E-state index contributed by atoms with van der Waals surface area (Å²) in [6.07, 6.45) is -14.6. The van der Waals surface area contributed by atoms with Crippen LogP contribution in [0.15, 0.2) is 21.9 Å². The summed E-state index contributed by atoms with van der Waals surface area (Å²) >= 11 is 0. The number of aliphatic hydroxyl groups is 2. The van der Waals surface area contributed by atoms with Gasteiger partial charge in [0.2, 0.25) is 0 Å². The molecule has 254 valence electrons. The van der Waals surface area contributed by atoms with Crippen molar-refractivity contribution < 1.29 is 94.4 Å². The smallest absolute Gasteiger partial charge is 0.394 e. The number of H-pyrrole nitrogens is 1. The maximum absolute atomic E-state index is 14.3. The van der Waals surface area contributed by atoms with Gasteiger partial charge >= 0.3 is 53.3 Å². The van der Waals surface area contributed by atoms with Crippen molar-refractivity contribution >= 4 is 5.91 Å². The number of nitrogens with zero attached hydrogens (tertiary/aromatic N) is 1. The van der Waals surface area contributed by atoms with Gasteiger partial charge in [-0.05, 0) is 0 Å². The molecule has 2 rings (SSSR count). The van der Waals surface area contributed by atoms with Gasteiger partial charge < -0.3 is 20.3 Å². The molecule has 1 aromatic heterocycles. The average Bonchev–Trinajstić information content (AvgIpc) is 3.17. The fourth-order valence-electron chi connectivity index (χ4n) is 3.47. The van der Waals surface area contributed by atoms with Crippen molar-refractivity contribution in [2.45, 2.75) is 72.1 Å². The lowest BCUT2D eigenvalue weighted by molar-refractivity contribution is -0.459. The van der Waals surface area contributed by atoms with Gasteiger partial charge in [0, 0.05) is 12.3 Å². The van der Waals surface area contributed by atoms with Crippen LogP contribution in [0.25, 0.3) is 0 Å². The molecule has 0 spiro atoms. The van der Waals surface area contributed by atoms with Crippen LogP contribution in [0.5, 0.6) is 0 Å². The van der Waals surface area contributed by atoms with E-state index in [2.05, 4.69) is 0 Å². The largest absolute Gasteiger partial charge is 0.460 e. The molecular formula is C18H12F17N3O6. The topological polar surface area (TPSA) is 134 Å². The Bertz CT molecular complexity index is 1360. The van der Waals surface area contributed by atoms with Gasteiger partial charge in [0.05, 0.1) is 6.61 Å². The van der Waals surface area contributed by atoms with Crippen LogP contribution >= 0.6 is 0 Å². The SMILES string of the molecule is O=C(NC1C(O)C(CO)OC1n1ccc(=O)[nH]c1=O)C(F)(F)C(F)(F)C(F)(F)C(F)(F)C(F)(F)C(F)(F)C(F)(F)C(F)(F)F. The summed E-state index contributed by atoms with van der Waals surface area (Å²) in [4.78, 5) is 36.5. The quantitative estimate of drug-likeness (QED) is 0.279. The molecule has 4 unspecified atom stereocenters. The van der Waals surface area contributed by atoms with E-state index in [9.17, 15) is 94.1 Å². The first-order valence-electron chi connectivity index (χ1n) is 10.7. The molecule has 1 aliphatic rings.